The fourth-order valence-corrected chi connectivity index (χ4v) is 2.17. The minimum Gasteiger partial charge on any atom is -0.447 e. The van der Waals surface area contributed by atoms with Crippen LogP contribution in [0.4, 0.5) is 4.79 Å². The minimum atomic E-state index is -1.22. The van der Waals surface area contributed by atoms with Crippen LogP contribution in [0.3, 0.4) is 0 Å². The molecule has 3 amide bonds. The van der Waals surface area contributed by atoms with Crippen molar-refractivity contribution in [1.82, 2.24) is 10.3 Å². The summed E-state index contributed by atoms with van der Waals surface area (Å²) < 4.78 is 5.14. The molecule has 126 valence electrons. The van der Waals surface area contributed by atoms with Gasteiger partial charge in [0.05, 0.1) is 0 Å². The maximum Gasteiger partial charge on any atom is 0.355 e. The second-order valence-electron chi connectivity index (χ2n) is 5.52. The van der Waals surface area contributed by atoms with Crippen LogP contribution in [0.2, 0.25) is 0 Å². The number of amides is 3. The van der Waals surface area contributed by atoms with E-state index < -0.39 is 29.9 Å². The maximum absolute atomic E-state index is 12.3. The number of H-pyrrole nitrogens is 1. The van der Waals surface area contributed by atoms with E-state index in [-0.39, 0.29) is 11.1 Å². The number of fused-ring (bicyclic) bond motifs is 1. The van der Waals surface area contributed by atoms with Crippen molar-refractivity contribution in [2.75, 3.05) is 0 Å². The van der Waals surface area contributed by atoms with E-state index in [1.807, 2.05) is 5.32 Å². The Balaban J connectivity index is 2.29. The number of imide groups is 1. The minimum absolute atomic E-state index is 0.0868. The number of esters is 1. The number of hydrogen-bond acceptors (Lipinski definition) is 5. The van der Waals surface area contributed by atoms with Crippen LogP contribution in [0.5, 0.6) is 0 Å². The molecular weight excluding hydrogens is 314 g/mol. The molecule has 0 aliphatic rings. The van der Waals surface area contributed by atoms with Gasteiger partial charge in [0.15, 0.2) is 11.5 Å². The highest BCUT2D eigenvalue weighted by Crippen LogP contribution is 2.12. The van der Waals surface area contributed by atoms with Gasteiger partial charge in [0.1, 0.15) is 5.69 Å². The molecule has 0 fully saturated rings. The lowest BCUT2D eigenvalue weighted by molar-refractivity contribution is -0.130. The first-order chi connectivity index (χ1) is 11.3. The molecule has 24 heavy (non-hydrogen) atoms. The summed E-state index contributed by atoms with van der Waals surface area (Å²) in [7, 11) is 0. The number of primary amides is 1. The molecule has 0 bridgehead atoms. The number of rotatable bonds is 4. The van der Waals surface area contributed by atoms with Gasteiger partial charge in [-0.25, -0.2) is 9.59 Å². The van der Waals surface area contributed by atoms with Gasteiger partial charge in [0, 0.05) is 17.0 Å². The molecule has 0 saturated heterocycles. The van der Waals surface area contributed by atoms with Gasteiger partial charge in [-0.3, -0.25) is 14.9 Å². The fraction of sp³-hybridized carbons (Fsp3) is 0.250. The predicted octanol–water partition coefficient (Wildman–Crippen LogP) is 0.904. The third-order valence-corrected chi connectivity index (χ3v) is 3.30. The van der Waals surface area contributed by atoms with Crippen molar-refractivity contribution < 1.29 is 19.1 Å². The van der Waals surface area contributed by atoms with E-state index in [1.165, 1.54) is 0 Å². The molecule has 2 aromatic rings. The Hall–Kier alpha value is -3.16. The van der Waals surface area contributed by atoms with Crippen LogP contribution in [0.15, 0.2) is 35.1 Å². The highest BCUT2D eigenvalue weighted by atomic mass is 16.5. The van der Waals surface area contributed by atoms with Gasteiger partial charge in [0.25, 0.3) is 5.91 Å². The number of nitrogens with two attached hydrogens (primary N) is 1. The van der Waals surface area contributed by atoms with Crippen LogP contribution >= 0.6 is 0 Å². The topological polar surface area (TPSA) is 131 Å². The van der Waals surface area contributed by atoms with Gasteiger partial charge in [-0.1, -0.05) is 26.0 Å². The summed E-state index contributed by atoms with van der Waals surface area (Å²) in [5.74, 6) is -2.11. The molecule has 4 N–H and O–H groups in total. The summed E-state index contributed by atoms with van der Waals surface area (Å²) in [5, 5.41) is 2.30. The van der Waals surface area contributed by atoms with Crippen molar-refractivity contribution in [1.29, 1.82) is 0 Å². The molecule has 0 spiro atoms. The summed E-state index contributed by atoms with van der Waals surface area (Å²) in [6.07, 6.45) is -1.22. The lowest BCUT2D eigenvalue weighted by Gasteiger charge is -2.19. The van der Waals surface area contributed by atoms with E-state index in [1.54, 1.807) is 38.1 Å². The third-order valence-electron chi connectivity index (χ3n) is 3.30. The molecule has 0 radical (unpaired) electrons. The quantitative estimate of drug-likeness (QED) is 0.716. The Bertz CT molecular complexity index is 856. The fourth-order valence-electron chi connectivity index (χ4n) is 2.17. The molecule has 1 aromatic heterocycles. The van der Waals surface area contributed by atoms with E-state index in [9.17, 15) is 19.2 Å². The maximum atomic E-state index is 12.3. The SMILES string of the molecule is CC(C)[C@H](OC(=O)c1cc(=O)c2ccccc2[nH]1)C(=O)NC(N)=O. The molecule has 8 nitrogen and oxygen atoms in total. The number of benzene rings is 1. The van der Waals surface area contributed by atoms with Crippen molar-refractivity contribution in [2.45, 2.75) is 20.0 Å². The number of ether oxygens (including phenoxy) is 1. The molecule has 8 heteroatoms. The Morgan fingerprint density at radius 1 is 1.21 bits per heavy atom. The van der Waals surface area contributed by atoms with Crippen LogP contribution in [0.25, 0.3) is 10.9 Å². The largest absolute Gasteiger partial charge is 0.447 e. The van der Waals surface area contributed by atoms with Crippen LogP contribution in [-0.4, -0.2) is 29.0 Å². The van der Waals surface area contributed by atoms with Crippen molar-refractivity contribution in [3.8, 4) is 0 Å². The zero-order chi connectivity index (χ0) is 17.9. The number of pyridine rings is 1. The highest BCUT2D eigenvalue weighted by Gasteiger charge is 2.28. The molecule has 1 atom stereocenters. The van der Waals surface area contributed by atoms with Crippen molar-refractivity contribution in [3.63, 3.8) is 0 Å². The monoisotopic (exact) mass is 331 g/mol. The number of hydrogen-bond donors (Lipinski definition) is 3. The van der Waals surface area contributed by atoms with E-state index in [2.05, 4.69) is 4.98 Å². The summed E-state index contributed by atoms with van der Waals surface area (Å²) >= 11 is 0. The van der Waals surface area contributed by atoms with Crippen LogP contribution in [0.1, 0.15) is 24.3 Å². The normalized spacial score (nSPS) is 12.0. The van der Waals surface area contributed by atoms with E-state index in [4.69, 9.17) is 10.5 Å². The first-order valence-corrected chi connectivity index (χ1v) is 7.23. The van der Waals surface area contributed by atoms with E-state index >= 15 is 0 Å². The Kier molecular flexibility index (Phi) is 4.98. The standard InChI is InChI=1S/C16H17N3O5/c1-8(2)13(14(21)19-16(17)23)24-15(22)11-7-12(20)9-5-3-4-6-10(9)18-11/h3-8,13H,1-2H3,(H,18,20)(H3,17,19,21,23)/t13-/m0/s1. The van der Waals surface area contributed by atoms with Crippen LogP contribution in [-0.2, 0) is 9.53 Å². The number of aromatic amines is 1. The van der Waals surface area contributed by atoms with Crippen molar-refractivity contribution >= 4 is 28.8 Å². The number of carbonyl (C=O) groups is 3. The van der Waals surface area contributed by atoms with Gasteiger partial charge in [-0.2, -0.15) is 0 Å². The molecule has 0 aliphatic heterocycles. The number of aromatic nitrogens is 1. The number of para-hydroxylation sites is 1. The second kappa shape index (κ2) is 6.95. The Morgan fingerprint density at radius 3 is 2.50 bits per heavy atom. The number of carbonyl (C=O) groups excluding carboxylic acids is 3. The summed E-state index contributed by atoms with van der Waals surface area (Å²) in [6, 6.07) is 6.76. The molecular formula is C16H17N3O5. The van der Waals surface area contributed by atoms with Gasteiger partial charge in [-0.05, 0) is 18.1 Å². The third kappa shape index (κ3) is 3.78. The van der Waals surface area contributed by atoms with Crippen LogP contribution in [0, 0.1) is 5.92 Å². The average Bonchev–Trinajstić information content (AvgIpc) is 2.51. The molecule has 1 heterocycles. The zero-order valence-electron chi connectivity index (χ0n) is 13.2. The van der Waals surface area contributed by atoms with E-state index in [0.717, 1.165) is 6.07 Å². The molecule has 2 rings (SSSR count). The van der Waals surface area contributed by atoms with Crippen molar-refractivity contribution in [2.24, 2.45) is 11.7 Å². The first kappa shape index (κ1) is 17.2. The van der Waals surface area contributed by atoms with Gasteiger partial charge >= 0.3 is 12.0 Å². The Morgan fingerprint density at radius 2 is 1.88 bits per heavy atom. The van der Waals surface area contributed by atoms with Crippen LogP contribution < -0.4 is 16.5 Å². The average molecular weight is 331 g/mol. The highest BCUT2D eigenvalue weighted by molar-refractivity contribution is 5.98. The van der Waals surface area contributed by atoms with Gasteiger partial charge in [-0.15, -0.1) is 0 Å². The summed E-state index contributed by atoms with van der Waals surface area (Å²) in [5.41, 5.74) is 4.93. The van der Waals surface area contributed by atoms with E-state index in [0.29, 0.717) is 10.9 Å². The number of nitrogens with one attached hydrogen (secondary N) is 2. The van der Waals surface area contributed by atoms with Gasteiger partial charge < -0.3 is 15.5 Å². The zero-order valence-corrected chi connectivity index (χ0v) is 13.2. The molecule has 0 unspecified atom stereocenters. The Labute approximate surface area is 137 Å². The lowest BCUT2D eigenvalue weighted by Crippen LogP contribution is -2.45. The van der Waals surface area contributed by atoms with Gasteiger partial charge in [0.2, 0.25) is 0 Å². The summed E-state index contributed by atoms with van der Waals surface area (Å²) in [6.45, 7) is 3.28. The molecule has 0 saturated carbocycles. The molecule has 0 aliphatic carbocycles. The van der Waals surface area contributed by atoms with Crippen molar-refractivity contribution in [3.05, 3.63) is 46.2 Å². The lowest BCUT2D eigenvalue weighted by atomic mass is 10.1. The number of urea groups is 1. The predicted molar refractivity (Wildman–Crippen MR) is 86.3 cm³/mol. The smallest absolute Gasteiger partial charge is 0.355 e. The first-order valence-electron chi connectivity index (χ1n) is 7.23. The second-order valence-corrected chi connectivity index (χ2v) is 5.52. The molecule has 1 aromatic carbocycles. The summed E-state index contributed by atoms with van der Waals surface area (Å²) in [4.78, 5) is 49.8.